The van der Waals surface area contributed by atoms with Crippen LogP contribution in [0.15, 0.2) is 97.6 Å². The minimum atomic E-state index is 0.127. The van der Waals surface area contributed by atoms with E-state index in [0.29, 0.717) is 13.2 Å². The maximum Gasteiger partial charge on any atom is 0.122 e. The molecule has 35 heavy (non-hydrogen) atoms. The van der Waals surface area contributed by atoms with Gasteiger partial charge in [0, 0.05) is 5.92 Å². The van der Waals surface area contributed by atoms with Crippen LogP contribution in [0.5, 0.6) is 11.5 Å². The fourth-order valence-corrected chi connectivity index (χ4v) is 4.66. The Balaban J connectivity index is 1.44. The van der Waals surface area contributed by atoms with Crippen LogP contribution in [-0.4, -0.2) is 23.3 Å². The molecule has 0 aliphatic heterocycles. The van der Waals surface area contributed by atoms with Crippen LogP contribution in [0.1, 0.15) is 29.8 Å². The Bertz CT molecular complexity index is 1480. The number of ether oxygens (including phenoxy) is 2. The molecule has 1 heterocycles. The smallest absolute Gasteiger partial charge is 0.122 e. The first-order chi connectivity index (χ1) is 17.2. The largest absolute Gasteiger partial charge is 0.497 e. The van der Waals surface area contributed by atoms with Gasteiger partial charge in [0.25, 0.3) is 0 Å². The van der Waals surface area contributed by atoms with E-state index in [1.807, 2.05) is 36.4 Å². The summed E-state index contributed by atoms with van der Waals surface area (Å²) in [6.07, 6.45) is 2.70. The Morgan fingerprint density at radius 2 is 1.71 bits per heavy atom. The number of hydrogen-bond acceptors (Lipinski definition) is 3. The molecule has 5 rings (SSSR count). The number of nitrogens with zero attached hydrogens (tertiary/aromatic N) is 2. The summed E-state index contributed by atoms with van der Waals surface area (Å²) in [5, 5.41) is 2.36. The molecule has 0 fully saturated rings. The quantitative estimate of drug-likeness (QED) is 0.218. The number of hydrogen-bond donors (Lipinski definition) is 0. The van der Waals surface area contributed by atoms with Gasteiger partial charge in [0.1, 0.15) is 23.9 Å². The van der Waals surface area contributed by atoms with E-state index in [0.717, 1.165) is 40.3 Å². The summed E-state index contributed by atoms with van der Waals surface area (Å²) >= 11 is 0. The van der Waals surface area contributed by atoms with Crippen LogP contribution in [0.4, 0.5) is 0 Å². The summed E-state index contributed by atoms with van der Waals surface area (Å²) in [7, 11) is 1.70. The Labute approximate surface area is 206 Å². The topological polar surface area (TPSA) is 36.3 Å². The molecule has 0 spiro atoms. The molecule has 0 bridgehead atoms. The lowest BCUT2D eigenvalue weighted by molar-refractivity contribution is 0.295. The number of rotatable bonds is 9. The average Bonchev–Trinajstić information content (AvgIpc) is 3.27. The third-order valence-corrected chi connectivity index (χ3v) is 6.55. The van der Waals surface area contributed by atoms with E-state index in [2.05, 4.69) is 72.7 Å². The molecule has 176 valence electrons. The summed E-state index contributed by atoms with van der Waals surface area (Å²) in [6, 6.07) is 29.3. The summed E-state index contributed by atoms with van der Waals surface area (Å²) in [5.74, 6) is 2.95. The third-order valence-electron chi connectivity index (χ3n) is 6.55. The SMILES string of the molecule is C=CCc1ccccc1OCCn1c(C(C)c2ccc3cc(OC)ccc3c2)nc2ccccc21. The second kappa shape index (κ2) is 10.1. The van der Waals surface area contributed by atoms with Crippen molar-refractivity contribution in [3.63, 3.8) is 0 Å². The van der Waals surface area contributed by atoms with E-state index in [4.69, 9.17) is 14.5 Å². The van der Waals surface area contributed by atoms with Crippen LogP contribution in [0.25, 0.3) is 21.8 Å². The summed E-state index contributed by atoms with van der Waals surface area (Å²) in [6.45, 7) is 7.37. The van der Waals surface area contributed by atoms with Crippen molar-refractivity contribution in [1.29, 1.82) is 0 Å². The predicted molar refractivity (Wildman–Crippen MR) is 144 cm³/mol. The van der Waals surface area contributed by atoms with Gasteiger partial charge in [0.2, 0.25) is 0 Å². The van der Waals surface area contributed by atoms with E-state index >= 15 is 0 Å². The molecule has 0 saturated heterocycles. The summed E-state index contributed by atoms with van der Waals surface area (Å²) in [4.78, 5) is 5.04. The molecular formula is C31H30N2O2. The molecule has 4 heteroatoms. The second-order valence-corrected chi connectivity index (χ2v) is 8.75. The minimum absolute atomic E-state index is 0.127. The second-order valence-electron chi connectivity index (χ2n) is 8.75. The highest BCUT2D eigenvalue weighted by Gasteiger charge is 2.19. The Hall–Kier alpha value is -4.05. The number of allylic oxidation sites excluding steroid dienone is 1. The lowest BCUT2D eigenvalue weighted by atomic mass is 9.97. The molecule has 4 nitrogen and oxygen atoms in total. The summed E-state index contributed by atoms with van der Waals surface area (Å²) < 4.78 is 13.9. The van der Waals surface area contributed by atoms with Crippen LogP contribution in [0.3, 0.4) is 0 Å². The Morgan fingerprint density at radius 1 is 0.943 bits per heavy atom. The number of benzene rings is 4. The van der Waals surface area contributed by atoms with Crippen LogP contribution in [0, 0.1) is 0 Å². The van der Waals surface area contributed by atoms with E-state index in [-0.39, 0.29) is 5.92 Å². The highest BCUT2D eigenvalue weighted by atomic mass is 16.5. The molecule has 5 aromatic rings. The van der Waals surface area contributed by atoms with E-state index in [9.17, 15) is 0 Å². The molecule has 1 atom stereocenters. The van der Waals surface area contributed by atoms with Gasteiger partial charge < -0.3 is 14.0 Å². The van der Waals surface area contributed by atoms with Gasteiger partial charge in [-0.05, 0) is 58.7 Å². The Kier molecular flexibility index (Phi) is 6.53. The number of imidazole rings is 1. The van der Waals surface area contributed by atoms with E-state index in [1.54, 1.807) is 7.11 Å². The molecule has 1 aromatic heterocycles. The van der Waals surface area contributed by atoms with Crippen LogP contribution < -0.4 is 9.47 Å². The standard InChI is InChI=1S/C31H30N2O2/c1-4-9-23-10-5-8-13-30(23)35-19-18-33-29-12-7-6-11-28(29)32-31(33)22(2)24-14-15-26-21-27(34-3)17-16-25(26)20-24/h4-8,10-17,20-22H,1,9,18-19H2,2-3H3. The molecule has 0 amide bonds. The van der Waals surface area contributed by atoms with E-state index in [1.165, 1.54) is 16.3 Å². The third kappa shape index (κ3) is 4.65. The first-order valence-electron chi connectivity index (χ1n) is 12.0. The van der Waals surface area contributed by atoms with Crippen molar-refractivity contribution < 1.29 is 9.47 Å². The van der Waals surface area contributed by atoms with Crippen molar-refractivity contribution in [2.75, 3.05) is 13.7 Å². The average molecular weight is 463 g/mol. The first-order valence-corrected chi connectivity index (χ1v) is 12.0. The van der Waals surface area contributed by atoms with Crippen molar-refractivity contribution in [3.8, 4) is 11.5 Å². The van der Waals surface area contributed by atoms with Crippen LogP contribution >= 0.6 is 0 Å². The molecule has 4 aromatic carbocycles. The zero-order chi connectivity index (χ0) is 24.2. The number of para-hydroxylation sites is 3. The molecule has 0 aliphatic rings. The first kappa shape index (κ1) is 22.7. The predicted octanol–water partition coefficient (Wildman–Crippen LogP) is 7.16. The van der Waals surface area contributed by atoms with Crippen molar-refractivity contribution in [2.24, 2.45) is 0 Å². The Morgan fingerprint density at radius 3 is 2.57 bits per heavy atom. The van der Waals surface area contributed by atoms with Gasteiger partial charge in [-0.3, -0.25) is 0 Å². The van der Waals surface area contributed by atoms with Crippen molar-refractivity contribution in [2.45, 2.75) is 25.8 Å². The zero-order valence-electron chi connectivity index (χ0n) is 20.3. The highest BCUT2D eigenvalue weighted by Crippen LogP contribution is 2.31. The van der Waals surface area contributed by atoms with Gasteiger partial charge in [0.15, 0.2) is 0 Å². The van der Waals surface area contributed by atoms with Crippen LogP contribution in [-0.2, 0) is 13.0 Å². The molecular weight excluding hydrogens is 432 g/mol. The van der Waals surface area contributed by atoms with Gasteiger partial charge in [-0.15, -0.1) is 6.58 Å². The van der Waals surface area contributed by atoms with Gasteiger partial charge >= 0.3 is 0 Å². The van der Waals surface area contributed by atoms with Gasteiger partial charge in [-0.1, -0.05) is 67.6 Å². The molecule has 0 N–H and O–H groups in total. The number of aromatic nitrogens is 2. The van der Waals surface area contributed by atoms with Gasteiger partial charge in [0.05, 0.1) is 24.7 Å². The van der Waals surface area contributed by atoms with Crippen molar-refractivity contribution in [3.05, 3.63) is 115 Å². The molecule has 0 radical (unpaired) electrons. The summed E-state index contributed by atoms with van der Waals surface area (Å²) in [5.41, 5.74) is 4.52. The maximum atomic E-state index is 6.22. The zero-order valence-corrected chi connectivity index (χ0v) is 20.3. The van der Waals surface area contributed by atoms with Crippen molar-refractivity contribution >= 4 is 21.8 Å². The fraction of sp³-hybridized carbons (Fsp3) is 0.194. The molecule has 1 unspecified atom stereocenters. The minimum Gasteiger partial charge on any atom is -0.497 e. The molecule has 0 aliphatic carbocycles. The monoisotopic (exact) mass is 462 g/mol. The van der Waals surface area contributed by atoms with Crippen molar-refractivity contribution in [1.82, 2.24) is 9.55 Å². The van der Waals surface area contributed by atoms with Crippen LogP contribution in [0.2, 0.25) is 0 Å². The normalized spacial score (nSPS) is 12.1. The maximum absolute atomic E-state index is 6.22. The van der Waals surface area contributed by atoms with E-state index < -0.39 is 0 Å². The lowest BCUT2D eigenvalue weighted by Crippen LogP contribution is -2.14. The number of fused-ring (bicyclic) bond motifs is 2. The highest BCUT2D eigenvalue weighted by molar-refractivity contribution is 5.85. The lowest BCUT2D eigenvalue weighted by Gasteiger charge is -2.17. The fourth-order valence-electron chi connectivity index (χ4n) is 4.66. The van der Waals surface area contributed by atoms with Gasteiger partial charge in [-0.25, -0.2) is 4.98 Å². The van der Waals surface area contributed by atoms with Gasteiger partial charge in [-0.2, -0.15) is 0 Å². The molecule has 0 saturated carbocycles. The number of methoxy groups -OCH3 is 1.